The van der Waals surface area contributed by atoms with E-state index < -0.39 is 0 Å². The van der Waals surface area contributed by atoms with Gasteiger partial charge in [-0.1, -0.05) is 12.2 Å². The van der Waals surface area contributed by atoms with E-state index in [4.69, 9.17) is 9.84 Å². The molecule has 0 saturated heterocycles. The van der Waals surface area contributed by atoms with Gasteiger partial charge in [0.1, 0.15) is 0 Å². The summed E-state index contributed by atoms with van der Waals surface area (Å²) in [6.07, 6.45) is 8.62. The number of nitrogens with one attached hydrogen (secondary N) is 1. The topological polar surface area (TPSA) is 41.5 Å². The molecule has 0 heterocycles. The molecule has 0 aromatic rings. The second-order valence-electron chi connectivity index (χ2n) is 4.93. The minimum Gasteiger partial charge on any atom is -0.394 e. The van der Waals surface area contributed by atoms with E-state index in [9.17, 15) is 0 Å². The molecule has 1 fully saturated rings. The summed E-state index contributed by atoms with van der Waals surface area (Å²) >= 11 is 0. The van der Waals surface area contributed by atoms with Crippen LogP contribution >= 0.6 is 0 Å². The van der Waals surface area contributed by atoms with Crippen molar-refractivity contribution in [2.24, 2.45) is 17.8 Å². The van der Waals surface area contributed by atoms with E-state index in [2.05, 4.69) is 17.5 Å². The average molecular weight is 225 g/mol. The zero-order chi connectivity index (χ0) is 11.2. The molecule has 2 N–H and O–H groups in total. The van der Waals surface area contributed by atoms with Crippen molar-refractivity contribution in [2.75, 3.05) is 32.9 Å². The summed E-state index contributed by atoms with van der Waals surface area (Å²) in [5, 5.41) is 12.0. The SMILES string of the molecule is OCCOCCCNCC1CC2C=CC1C2. The number of fused-ring (bicyclic) bond motifs is 2. The van der Waals surface area contributed by atoms with Gasteiger partial charge in [-0.15, -0.1) is 0 Å². The van der Waals surface area contributed by atoms with Gasteiger partial charge in [-0.05, 0) is 50.1 Å². The lowest BCUT2D eigenvalue weighted by atomic mass is 9.94. The molecule has 2 aliphatic carbocycles. The molecule has 0 aromatic heterocycles. The summed E-state index contributed by atoms with van der Waals surface area (Å²) < 4.78 is 5.20. The molecule has 3 unspecified atom stereocenters. The predicted molar refractivity (Wildman–Crippen MR) is 64.2 cm³/mol. The van der Waals surface area contributed by atoms with Crippen LogP contribution in [-0.2, 0) is 4.74 Å². The Labute approximate surface area is 97.9 Å². The van der Waals surface area contributed by atoms with Crippen molar-refractivity contribution in [2.45, 2.75) is 19.3 Å². The maximum atomic E-state index is 8.53. The third kappa shape index (κ3) is 3.30. The predicted octanol–water partition coefficient (Wildman–Crippen LogP) is 1.19. The van der Waals surface area contributed by atoms with E-state index in [0.29, 0.717) is 6.61 Å². The van der Waals surface area contributed by atoms with E-state index in [1.54, 1.807) is 0 Å². The Bertz CT molecular complexity index is 230. The van der Waals surface area contributed by atoms with Gasteiger partial charge >= 0.3 is 0 Å². The molecule has 3 heteroatoms. The quantitative estimate of drug-likeness (QED) is 0.481. The van der Waals surface area contributed by atoms with E-state index in [1.165, 1.54) is 12.8 Å². The van der Waals surface area contributed by atoms with E-state index in [-0.39, 0.29) is 6.61 Å². The maximum Gasteiger partial charge on any atom is 0.0697 e. The molecule has 0 spiro atoms. The normalized spacial score (nSPS) is 31.4. The Hall–Kier alpha value is -0.380. The van der Waals surface area contributed by atoms with Crippen LogP contribution in [0, 0.1) is 17.8 Å². The zero-order valence-corrected chi connectivity index (χ0v) is 9.90. The first-order valence-electron chi connectivity index (χ1n) is 6.48. The van der Waals surface area contributed by atoms with Gasteiger partial charge in [0.05, 0.1) is 13.2 Å². The van der Waals surface area contributed by atoms with Crippen LogP contribution < -0.4 is 5.32 Å². The molecule has 0 aromatic carbocycles. The minimum atomic E-state index is 0.130. The Morgan fingerprint density at radius 2 is 2.19 bits per heavy atom. The molecule has 0 amide bonds. The van der Waals surface area contributed by atoms with Crippen LogP contribution in [0.1, 0.15) is 19.3 Å². The molecule has 2 aliphatic rings. The van der Waals surface area contributed by atoms with Crippen LogP contribution in [0.3, 0.4) is 0 Å². The van der Waals surface area contributed by atoms with Crippen molar-refractivity contribution < 1.29 is 9.84 Å². The van der Waals surface area contributed by atoms with Gasteiger partial charge in [0.25, 0.3) is 0 Å². The first-order valence-corrected chi connectivity index (χ1v) is 6.48. The highest BCUT2D eigenvalue weighted by Gasteiger charge is 2.34. The number of hydrogen-bond acceptors (Lipinski definition) is 3. The van der Waals surface area contributed by atoms with Crippen molar-refractivity contribution in [1.29, 1.82) is 0 Å². The number of rotatable bonds is 8. The fourth-order valence-corrected chi connectivity index (χ4v) is 2.88. The molecule has 92 valence electrons. The summed E-state index contributed by atoms with van der Waals surface area (Å²) in [5.74, 6) is 2.60. The van der Waals surface area contributed by atoms with Crippen LogP contribution in [0.4, 0.5) is 0 Å². The number of aliphatic hydroxyl groups excluding tert-OH is 1. The molecule has 2 bridgehead atoms. The number of allylic oxidation sites excluding steroid dienone is 2. The van der Waals surface area contributed by atoms with Gasteiger partial charge in [0.15, 0.2) is 0 Å². The summed E-state index contributed by atoms with van der Waals surface area (Å²) in [4.78, 5) is 0. The summed E-state index contributed by atoms with van der Waals surface area (Å²) in [5.41, 5.74) is 0. The molecule has 2 rings (SSSR count). The van der Waals surface area contributed by atoms with Gasteiger partial charge in [-0.25, -0.2) is 0 Å². The van der Waals surface area contributed by atoms with Crippen molar-refractivity contribution in [3.8, 4) is 0 Å². The molecule has 1 saturated carbocycles. The third-order valence-corrected chi connectivity index (χ3v) is 3.70. The fraction of sp³-hybridized carbons (Fsp3) is 0.846. The molecule has 0 aliphatic heterocycles. The molecule has 3 nitrogen and oxygen atoms in total. The summed E-state index contributed by atoms with van der Waals surface area (Å²) in [6.45, 7) is 3.54. The molecular weight excluding hydrogens is 202 g/mol. The number of aliphatic hydroxyl groups is 1. The van der Waals surface area contributed by atoms with E-state index >= 15 is 0 Å². The highest BCUT2D eigenvalue weighted by atomic mass is 16.5. The van der Waals surface area contributed by atoms with Gasteiger partial charge in [0.2, 0.25) is 0 Å². The average Bonchev–Trinajstić information content (AvgIpc) is 2.90. The van der Waals surface area contributed by atoms with Crippen molar-refractivity contribution in [3.63, 3.8) is 0 Å². The fourth-order valence-electron chi connectivity index (χ4n) is 2.88. The van der Waals surface area contributed by atoms with Crippen LogP contribution in [0.5, 0.6) is 0 Å². The van der Waals surface area contributed by atoms with E-state index in [0.717, 1.165) is 43.9 Å². The maximum absolute atomic E-state index is 8.53. The monoisotopic (exact) mass is 225 g/mol. The Balaban J connectivity index is 1.45. The lowest BCUT2D eigenvalue weighted by molar-refractivity contribution is 0.0906. The molecule has 16 heavy (non-hydrogen) atoms. The van der Waals surface area contributed by atoms with Gasteiger partial charge in [-0.3, -0.25) is 0 Å². The van der Waals surface area contributed by atoms with Gasteiger partial charge < -0.3 is 15.2 Å². The Morgan fingerprint density at radius 1 is 1.25 bits per heavy atom. The molecule has 0 radical (unpaired) electrons. The second-order valence-corrected chi connectivity index (χ2v) is 4.93. The number of ether oxygens (including phenoxy) is 1. The summed E-state index contributed by atoms with van der Waals surface area (Å²) in [7, 11) is 0. The van der Waals surface area contributed by atoms with E-state index in [1.807, 2.05) is 0 Å². The minimum absolute atomic E-state index is 0.130. The molecular formula is C13H23NO2. The lowest BCUT2D eigenvalue weighted by Crippen LogP contribution is -2.26. The van der Waals surface area contributed by atoms with Crippen LogP contribution in [-0.4, -0.2) is 38.0 Å². The first kappa shape index (κ1) is 12.1. The van der Waals surface area contributed by atoms with Crippen molar-refractivity contribution >= 4 is 0 Å². The van der Waals surface area contributed by atoms with Crippen LogP contribution in [0.25, 0.3) is 0 Å². The summed E-state index contributed by atoms with van der Waals surface area (Å²) in [6, 6.07) is 0. The second kappa shape index (κ2) is 6.38. The highest BCUT2D eigenvalue weighted by Crippen LogP contribution is 2.42. The largest absolute Gasteiger partial charge is 0.394 e. The molecule has 3 atom stereocenters. The van der Waals surface area contributed by atoms with Crippen molar-refractivity contribution in [1.82, 2.24) is 5.32 Å². The Morgan fingerprint density at radius 3 is 2.88 bits per heavy atom. The standard InChI is InChI=1S/C13H23NO2/c15-5-7-16-6-1-4-14-10-13-9-11-2-3-12(13)8-11/h2-3,11-15H,1,4-10H2. The third-order valence-electron chi connectivity index (χ3n) is 3.70. The van der Waals surface area contributed by atoms with Crippen LogP contribution in [0.15, 0.2) is 12.2 Å². The van der Waals surface area contributed by atoms with Gasteiger partial charge in [-0.2, -0.15) is 0 Å². The van der Waals surface area contributed by atoms with Crippen LogP contribution in [0.2, 0.25) is 0 Å². The Kier molecular flexibility index (Phi) is 4.82. The number of hydrogen-bond donors (Lipinski definition) is 2. The first-order chi connectivity index (χ1) is 7.90. The van der Waals surface area contributed by atoms with Crippen molar-refractivity contribution in [3.05, 3.63) is 12.2 Å². The lowest BCUT2D eigenvalue weighted by Gasteiger charge is -2.18. The van der Waals surface area contributed by atoms with Gasteiger partial charge in [0, 0.05) is 6.61 Å². The smallest absolute Gasteiger partial charge is 0.0697 e. The zero-order valence-electron chi connectivity index (χ0n) is 9.90. The highest BCUT2D eigenvalue weighted by molar-refractivity contribution is 5.10.